The number of carbonyl (C=O) groups excluding carboxylic acids is 1. The molecule has 0 aliphatic carbocycles. The Morgan fingerprint density at radius 1 is 1.30 bits per heavy atom. The van der Waals surface area contributed by atoms with Gasteiger partial charge in [-0.3, -0.25) is 9.48 Å². The van der Waals surface area contributed by atoms with E-state index in [0.29, 0.717) is 24.6 Å². The number of anilines is 1. The molecule has 0 aliphatic heterocycles. The van der Waals surface area contributed by atoms with Gasteiger partial charge in [-0.1, -0.05) is 11.6 Å². The fourth-order valence-electron chi connectivity index (χ4n) is 2.58. The Morgan fingerprint density at radius 3 is 2.78 bits per heavy atom. The Hall–Kier alpha value is -2.90. The quantitative estimate of drug-likeness (QED) is 0.677. The van der Waals surface area contributed by atoms with E-state index >= 15 is 0 Å². The van der Waals surface area contributed by atoms with Gasteiger partial charge in [0.15, 0.2) is 0 Å². The number of rotatable bonds is 6. The summed E-state index contributed by atoms with van der Waals surface area (Å²) < 4.78 is 20.7. The van der Waals surface area contributed by atoms with Crippen LogP contribution in [0.5, 0.6) is 5.75 Å². The van der Waals surface area contributed by atoms with E-state index in [9.17, 15) is 9.18 Å². The number of benzene rings is 2. The molecule has 6 nitrogen and oxygen atoms in total. The predicted molar refractivity (Wildman–Crippen MR) is 103 cm³/mol. The minimum Gasteiger partial charge on any atom is -0.492 e. The van der Waals surface area contributed by atoms with Gasteiger partial charge in [-0.15, -0.1) is 0 Å². The van der Waals surface area contributed by atoms with E-state index in [1.54, 1.807) is 29.1 Å². The van der Waals surface area contributed by atoms with Crippen molar-refractivity contribution in [3.63, 3.8) is 0 Å². The van der Waals surface area contributed by atoms with Gasteiger partial charge < -0.3 is 15.8 Å². The zero-order valence-corrected chi connectivity index (χ0v) is 15.3. The van der Waals surface area contributed by atoms with Crippen LogP contribution in [-0.4, -0.2) is 28.8 Å². The van der Waals surface area contributed by atoms with Crippen molar-refractivity contribution in [2.75, 3.05) is 18.5 Å². The highest BCUT2D eigenvalue weighted by molar-refractivity contribution is 6.31. The molecule has 0 atom stereocenters. The van der Waals surface area contributed by atoms with Crippen molar-refractivity contribution < 1.29 is 13.9 Å². The lowest BCUT2D eigenvalue weighted by Crippen LogP contribution is -2.13. The molecule has 0 radical (unpaired) electrons. The number of hydrogen-bond donors (Lipinski definition) is 2. The molecule has 0 saturated carbocycles. The number of nitrogens with two attached hydrogens (primary N) is 1. The van der Waals surface area contributed by atoms with Gasteiger partial charge in [-0.05, 0) is 42.5 Å². The maximum atomic E-state index is 13.3. The topological polar surface area (TPSA) is 82.2 Å². The minimum absolute atomic E-state index is 0.108. The van der Waals surface area contributed by atoms with Crippen LogP contribution in [0.2, 0.25) is 5.02 Å². The third kappa shape index (κ3) is 4.27. The number of amides is 1. The second-order valence-corrected chi connectivity index (χ2v) is 6.18. The highest BCUT2D eigenvalue weighted by Gasteiger charge is 2.14. The van der Waals surface area contributed by atoms with Crippen LogP contribution < -0.4 is 15.8 Å². The SMILES string of the molecule is Cn1nccc1-c1cc(NC(=O)c2ccc(F)c(Cl)c2)ccc1OCCN. The summed E-state index contributed by atoms with van der Waals surface area (Å²) in [6.07, 6.45) is 1.67. The number of aryl methyl sites for hydroxylation is 1. The van der Waals surface area contributed by atoms with Crippen molar-refractivity contribution >= 4 is 23.2 Å². The second-order valence-electron chi connectivity index (χ2n) is 5.77. The first-order valence-electron chi connectivity index (χ1n) is 8.21. The molecule has 0 bridgehead atoms. The standard InChI is InChI=1S/C19H18ClFN4O2/c1-25-17(6-8-23-25)14-11-13(3-5-18(14)27-9-7-22)24-19(26)12-2-4-16(21)15(20)10-12/h2-6,8,10-11H,7,9,22H2,1H3,(H,24,26). The van der Waals surface area contributed by atoms with Crippen molar-refractivity contribution in [3.05, 3.63) is 65.1 Å². The predicted octanol–water partition coefficient (Wildman–Crippen LogP) is 3.47. The minimum atomic E-state index is -0.576. The summed E-state index contributed by atoms with van der Waals surface area (Å²) in [6, 6.07) is 10.9. The summed E-state index contributed by atoms with van der Waals surface area (Å²) in [7, 11) is 1.81. The smallest absolute Gasteiger partial charge is 0.255 e. The van der Waals surface area contributed by atoms with Crippen LogP contribution in [0.3, 0.4) is 0 Å². The number of carbonyl (C=O) groups is 1. The second kappa shape index (κ2) is 8.20. The average molecular weight is 389 g/mol. The highest BCUT2D eigenvalue weighted by Crippen LogP contribution is 2.32. The molecule has 3 N–H and O–H groups in total. The fraction of sp³-hybridized carbons (Fsp3) is 0.158. The van der Waals surface area contributed by atoms with Crippen LogP contribution in [0.1, 0.15) is 10.4 Å². The molecule has 1 heterocycles. The molecule has 0 unspecified atom stereocenters. The van der Waals surface area contributed by atoms with Crippen molar-refractivity contribution in [2.45, 2.75) is 0 Å². The molecule has 1 aromatic heterocycles. The van der Waals surface area contributed by atoms with E-state index in [2.05, 4.69) is 10.4 Å². The monoisotopic (exact) mass is 388 g/mol. The van der Waals surface area contributed by atoms with Crippen LogP contribution in [0.15, 0.2) is 48.7 Å². The summed E-state index contributed by atoms with van der Waals surface area (Å²) in [5.74, 6) is -0.344. The molecule has 0 aliphatic rings. The Labute approximate surface area is 160 Å². The lowest BCUT2D eigenvalue weighted by Gasteiger charge is -2.14. The van der Waals surface area contributed by atoms with Crippen molar-refractivity contribution in [2.24, 2.45) is 12.8 Å². The molecule has 0 spiro atoms. The zero-order valence-electron chi connectivity index (χ0n) is 14.6. The third-order valence-electron chi connectivity index (χ3n) is 3.89. The van der Waals surface area contributed by atoms with Gasteiger partial charge in [0, 0.05) is 36.6 Å². The largest absolute Gasteiger partial charge is 0.492 e. The molecule has 3 aromatic rings. The van der Waals surface area contributed by atoms with Crippen LogP contribution in [0, 0.1) is 5.82 Å². The number of hydrogen-bond acceptors (Lipinski definition) is 4. The molecule has 27 heavy (non-hydrogen) atoms. The highest BCUT2D eigenvalue weighted by atomic mass is 35.5. The van der Waals surface area contributed by atoms with Gasteiger partial charge in [-0.2, -0.15) is 5.10 Å². The van der Waals surface area contributed by atoms with Crippen LogP contribution in [0.25, 0.3) is 11.3 Å². The number of nitrogens with zero attached hydrogens (tertiary/aromatic N) is 2. The summed E-state index contributed by atoms with van der Waals surface area (Å²) in [6.45, 7) is 0.749. The zero-order chi connectivity index (χ0) is 19.4. The maximum Gasteiger partial charge on any atom is 0.255 e. The molecule has 8 heteroatoms. The van der Waals surface area contributed by atoms with E-state index in [0.717, 1.165) is 17.3 Å². The van der Waals surface area contributed by atoms with E-state index in [1.807, 2.05) is 13.1 Å². The molecule has 140 valence electrons. The molecule has 2 aromatic carbocycles. The number of halogens is 2. The summed E-state index contributed by atoms with van der Waals surface area (Å²) in [5, 5.41) is 6.84. The van der Waals surface area contributed by atoms with E-state index in [4.69, 9.17) is 22.1 Å². The van der Waals surface area contributed by atoms with Crippen LogP contribution in [0.4, 0.5) is 10.1 Å². The van der Waals surface area contributed by atoms with E-state index in [1.165, 1.54) is 12.1 Å². The number of ether oxygens (including phenoxy) is 1. The fourth-order valence-corrected chi connectivity index (χ4v) is 2.76. The van der Waals surface area contributed by atoms with Gasteiger partial charge in [0.2, 0.25) is 0 Å². The Bertz CT molecular complexity index is 974. The summed E-state index contributed by atoms with van der Waals surface area (Å²) in [5.41, 5.74) is 7.91. The van der Waals surface area contributed by atoms with Crippen LogP contribution in [-0.2, 0) is 7.05 Å². The van der Waals surface area contributed by atoms with Gasteiger partial charge >= 0.3 is 0 Å². The average Bonchev–Trinajstić information content (AvgIpc) is 3.08. The number of nitrogens with one attached hydrogen (secondary N) is 1. The van der Waals surface area contributed by atoms with E-state index in [-0.39, 0.29) is 10.6 Å². The molecular formula is C19H18ClFN4O2. The molecule has 3 rings (SSSR count). The molecular weight excluding hydrogens is 371 g/mol. The molecule has 0 saturated heterocycles. The molecule has 1 amide bonds. The Morgan fingerprint density at radius 2 is 2.11 bits per heavy atom. The van der Waals surface area contributed by atoms with Gasteiger partial charge in [0.05, 0.1) is 10.7 Å². The normalized spacial score (nSPS) is 10.7. The van der Waals surface area contributed by atoms with Crippen molar-refractivity contribution in [1.82, 2.24) is 9.78 Å². The van der Waals surface area contributed by atoms with Crippen molar-refractivity contribution in [3.8, 4) is 17.0 Å². The lowest BCUT2D eigenvalue weighted by molar-refractivity contribution is 0.102. The first kappa shape index (κ1) is 18.9. The Kier molecular flexibility index (Phi) is 5.73. The first-order chi connectivity index (χ1) is 13.0. The lowest BCUT2D eigenvalue weighted by atomic mass is 10.1. The van der Waals surface area contributed by atoms with Crippen LogP contribution >= 0.6 is 11.6 Å². The summed E-state index contributed by atoms with van der Waals surface area (Å²) in [4.78, 5) is 12.4. The maximum absolute atomic E-state index is 13.3. The molecule has 0 fully saturated rings. The van der Waals surface area contributed by atoms with Gasteiger partial charge in [0.1, 0.15) is 18.2 Å². The number of aromatic nitrogens is 2. The van der Waals surface area contributed by atoms with Crippen molar-refractivity contribution in [1.29, 1.82) is 0 Å². The van der Waals surface area contributed by atoms with E-state index < -0.39 is 11.7 Å². The van der Waals surface area contributed by atoms with Gasteiger partial charge in [0.25, 0.3) is 5.91 Å². The Balaban J connectivity index is 1.90. The van der Waals surface area contributed by atoms with Gasteiger partial charge in [-0.25, -0.2) is 4.39 Å². The summed E-state index contributed by atoms with van der Waals surface area (Å²) >= 11 is 5.75. The third-order valence-corrected chi connectivity index (χ3v) is 4.18. The first-order valence-corrected chi connectivity index (χ1v) is 8.59.